The van der Waals surface area contributed by atoms with E-state index in [0.29, 0.717) is 0 Å². The third-order valence-corrected chi connectivity index (χ3v) is 6.05. The number of nitrogens with one attached hydrogen (secondary N) is 3. The van der Waals surface area contributed by atoms with Crippen LogP contribution in [0.3, 0.4) is 0 Å². The van der Waals surface area contributed by atoms with E-state index in [4.69, 9.17) is 15.9 Å². The zero-order valence-corrected chi connectivity index (χ0v) is 18.1. The zero-order valence-electron chi connectivity index (χ0n) is 17.3. The summed E-state index contributed by atoms with van der Waals surface area (Å²) in [4.78, 5) is 52.3. The van der Waals surface area contributed by atoms with Crippen molar-refractivity contribution in [1.82, 2.24) is 15.3 Å². The highest BCUT2D eigenvalue weighted by molar-refractivity contribution is 7.92. The number of hydrogen-bond donors (Lipinski definition) is 6. The molecule has 1 unspecified atom stereocenters. The van der Waals surface area contributed by atoms with Gasteiger partial charge in [0.25, 0.3) is 21.5 Å². The predicted octanol–water partition coefficient (Wildman–Crippen LogP) is 0.354. The van der Waals surface area contributed by atoms with Crippen molar-refractivity contribution in [1.29, 1.82) is 0 Å². The van der Waals surface area contributed by atoms with Crippen LogP contribution in [0.5, 0.6) is 0 Å². The number of benzene rings is 2. The number of nitrogen functional groups attached to an aromatic ring is 1. The van der Waals surface area contributed by atoms with Crippen LogP contribution >= 0.6 is 0 Å². The van der Waals surface area contributed by atoms with Crippen LogP contribution in [-0.2, 0) is 19.6 Å². The Morgan fingerprint density at radius 2 is 1.76 bits per heavy atom. The van der Waals surface area contributed by atoms with Crippen LogP contribution in [0.4, 0.5) is 11.6 Å². The molecule has 0 aliphatic rings. The number of sulfonamides is 1. The van der Waals surface area contributed by atoms with E-state index in [1.54, 1.807) is 0 Å². The van der Waals surface area contributed by atoms with Crippen molar-refractivity contribution >= 4 is 50.4 Å². The van der Waals surface area contributed by atoms with Crippen molar-refractivity contribution in [3.8, 4) is 0 Å². The summed E-state index contributed by atoms with van der Waals surface area (Å²) >= 11 is 0. The third kappa shape index (κ3) is 5.66. The van der Waals surface area contributed by atoms with E-state index in [1.807, 2.05) is 0 Å². The summed E-state index contributed by atoms with van der Waals surface area (Å²) in [6, 6.07) is 7.33. The number of carboxylic acid groups (broad SMARTS) is 2. The van der Waals surface area contributed by atoms with E-state index in [1.165, 1.54) is 30.3 Å². The fourth-order valence-corrected chi connectivity index (χ4v) is 4.04. The van der Waals surface area contributed by atoms with Crippen molar-refractivity contribution in [3.63, 3.8) is 0 Å². The molecule has 2 aromatic carbocycles. The molecule has 0 bridgehead atoms. The highest BCUT2D eigenvalue weighted by Crippen LogP contribution is 2.20. The summed E-state index contributed by atoms with van der Waals surface area (Å²) in [6.45, 7) is 0. The SMILES string of the molecule is Nc1nc2ccc(NS(=O)(=O)c3ccc(C(=O)NC(CCC(=O)O)C(=O)O)cc3)cc2c(=O)[nH]1. The number of nitrogens with zero attached hydrogens (tertiary/aromatic N) is 1. The molecule has 0 aliphatic heterocycles. The van der Waals surface area contributed by atoms with Crippen molar-refractivity contribution in [2.45, 2.75) is 23.8 Å². The highest BCUT2D eigenvalue weighted by Gasteiger charge is 2.22. The van der Waals surface area contributed by atoms with E-state index in [2.05, 4.69) is 20.0 Å². The van der Waals surface area contributed by atoms with E-state index in [9.17, 15) is 27.6 Å². The van der Waals surface area contributed by atoms with E-state index in [-0.39, 0.29) is 39.4 Å². The fraction of sp³-hybridized carbons (Fsp3) is 0.150. The number of amides is 1. The molecule has 1 atom stereocenters. The molecule has 3 aromatic rings. The summed E-state index contributed by atoms with van der Waals surface area (Å²) in [7, 11) is -4.10. The van der Waals surface area contributed by atoms with Gasteiger partial charge < -0.3 is 21.3 Å². The molecule has 178 valence electrons. The normalized spacial score (nSPS) is 12.1. The van der Waals surface area contributed by atoms with Gasteiger partial charge in [-0.3, -0.25) is 24.1 Å². The van der Waals surface area contributed by atoms with Gasteiger partial charge in [-0.15, -0.1) is 0 Å². The second-order valence-electron chi connectivity index (χ2n) is 7.11. The fourth-order valence-electron chi connectivity index (χ4n) is 2.99. The standard InChI is InChI=1S/C20H19N5O8S/c21-20-23-14-6-3-11(9-13(14)18(29)24-20)25-34(32,33)12-4-1-10(2-5-12)17(28)22-15(19(30)31)7-8-16(26)27/h1-6,9,15,25H,7-8H2,(H,22,28)(H,26,27)(H,30,31)(H3,21,23,24,29). The largest absolute Gasteiger partial charge is 0.481 e. The van der Waals surface area contributed by atoms with Crippen LogP contribution in [0.15, 0.2) is 52.2 Å². The number of aliphatic carboxylic acids is 2. The molecule has 13 nitrogen and oxygen atoms in total. The second-order valence-corrected chi connectivity index (χ2v) is 8.79. The first kappa shape index (κ1) is 24.2. The average Bonchev–Trinajstić information content (AvgIpc) is 2.76. The first-order valence-corrected chi connectivity index (χ1v) is 11.1. The molecular formula is C20H19N5O8S. The topological polar surface area (TPSA) is 222 Å². The van der Waals surface area contributed by atoms with Crippen molar-refractivity contribution < 1.29 is 33.0 Å². The number of rotatable bonds is 9. The Labute approximate surface area is 191 Å². The quantitative estimate of drug-likeness (QED) is 0.242. The van der Waals surface area contributed by atoms with Crippen molar-refractivity contribution in [2.75, 3.05) is 10.5 Å². The van der Waals surface area contributed by atoms with Gasteiger partial charge in [-0.1, -0.05) is 0 Å². The van der Waals surface area contributed by atoms with E-state index in [0.717, 1.165) is 12.1 Å². The molecule has 14 heteroatoms. The van der Waals surface area contributed by atoms with Gasteiger partial charge in [-0.25, -0.2) is 18.2 Å². The number of aromatic nitrogens is 2. The first-order chi connectivity index (χ1) is 16.0. The Balaban J connectivity index is 1.76. The Hall–Kier alpha value is -4.46. The molecule has 3 rings (SSSR count). The van der Waals surface area contributed by atoms with Crippen molar-refractivity contribution in [2.24, 2.45) is 0 Å². The molecule has 0 fully saturated rings. The Bertz CT molecular complexity index is 1430. The van der Waals surface area contributed by atoms with Gasteiger partial charge in [0, 0.05) is 17.7 Å². The van der Waals surface area contributed by atoms with Crippen LogP contribution in [0.25, 0.3) is 10.9 Å². The Morgan fingerprint density at radius 3 is 2.38 bits per heavy atom. The number of nitrogens with two attached hydrogens (primary N) is 1. The number of H-pyrrole nitrogens is 1. The van der Waals surface area contributed by atoms with Gasteiger partial charge in [0.1, 0.15) is 6.04 Å². The van der Waals surface area contributed by atoms with Crippen LogP contribution in [0, 0.1) is 0 Å². The summed E-state index contributed by atoms with van der Waals surface area (Å²) in [6.07, 6.45) is -0.770. The van der Waals surface area contributed by atoms with Gasteiger partial charge in [-0.2, -0.15) is 0 Å². The lowest BCUT2D eigenvalue weighted by molar-refractivity contribution is -0.140. The molecule has 0 saturated heterocycles. The Morgan fingerprint density at radius 1 is 1.09 bits per heavy atom. The number of carbonyl (C=O) groups excluding carboxylic acids is 1. The maximum absolute atomic E-state index is 12.7. The smallest absolute Gasteiger partial charge is 0.326 e. The maximum Gasteiger partial charge on any atom is 0.326 e. The monoisotopic (exact) mass is 489 g/mol. The summed E-state index contributed by atoms with van der Waals surface area (Å²) < 4.78 is 27.7. The number of carbonyl (C=O) groups is 3. The second kappa shape index (κ2) is 9.58. The lowest BCUT2D eigenvalue weighted by atomic mass is 10.1. The number of aromatic amines is 1. The minimum Gasteiger partial charge on any atom is -0.481 e. The van der Waals surface area contributed by atoms with E-state index < -0.39 is 45.9 Å². The van der Waals surface area contributed by atoms with Gasteiger partial charge in [-0.05, 0) is 48.9 Å². The minimum atomic E-state index is -4.10. The summed E-state index contributed by atoms with van der Waals surface area (Å²) in [5.41, 5.74) is 5.29. The molecule has 1 heterocycles. The summed E-state index contributed by atoms with van der Waals surface area (Å²) in [5.74, 6) is -3.49. The van der Waals surface area contributed by atoms with Crippen LogP contribution < -0.4 is 21.3 Å². The average molecular weight is 489 g/mol. The first-order valence-electron chi connectivity index (χ1n) is 9.64. The Kier molecular flexibility index (Phi) is 6.81. The van der Waals surface area contributed by atoms with Gasteiger partial charge in [0.15, 0.2) is 0 Å². The molecule has 0 aliphatic carbocycles. The van der Waals surface area contributed by atoms with Crippen molar-refractivity contribution in [3.05, 3.63) is 58.4 Å². The maximum atomic E-state index is 12.7. The number of hydrogen-bond acceptors (Lipinski definition) is 8. The van der Waals surface area contributed by atoms with Gasteiger partial charge in [0.2, 0.25) is 5.95 Å². The molecular weight excluding hydrogens is 470 g/mol. The molecule has 0 saturated carbocycles. The lowest BCUT2D eigenvalue weighted by Gasteiger charge is -2.14. The molecule has 0 radical (unpaired) electrons. The van der Waals surface area contributed by atoms with Gasteiger partial charge in [0.05, 0.1) is 15.8 Å². The number of fused-ring (bicyclic) bond motifs is 1. The molecule has 7 N–H and O–H groups in total. The third-order valence-electron chi connectivity index (χ3n) is 4.65. The lowest BCUT2D eigenvalue weighted by Crippen LogP contribution is -2.41. The zero-order chi connectivity index (χ0) is 25.0. The van der Waals surface area contributed by atoms with Crippen LogP contribution in [-0.4, -0.2) is 52.5 Å². The minimum absolute atomic E-state index is 0.0265. The summed E-state index contributed by atoms with van der Waals surface area (Å²) in [5, 5.41) is 20.2. The number of carboxylic acids is 2. The predicted molar refractivity (Wildman–Crippen MR) is 120 cm³/mol. The number of anilines is 2. The molecule has 1 aromatic heterocycles. The van der Waals surface area contributed by atoms with Crippen LogP contribution in [0.2, 0.25) is 0 Å². The van der Waals surface area contributed by atoms with Gasteiger partial charge >= 0.3 is 11.9 Å². The molecule has 0 spiro atoms. The highest BCUT2D eigenvalue weighted by atomic mass is 32.2. The molecule has 34 heavy (non-hydrogen) atoms. The van der Waals surface area contributed by atoms with E-state index >= 15 is 0 Å². The molecule has 1 amide bonds. The van der Waals surface area contributed by atoms with Crippen LogP contribution in [0.1, 0.15) is 23.2 Å².